The summed E-state index contributed by atoms with van der Waals surface area (Å²) in [4.78, 5) is 22.8. The van der Waals surface area contributed by atoms with E-state index in [2.05, 4.69) is 10.1 Å². The molecule has 5 heteroatoms. The minimum absolute atomic E-state index is 0.000923. The smallest absolute Gasteiger partial charge is 0.337 e. The number of methoxy groups -OCH3 is 1. The molecule has 0 fully saturated rings. The molecule has 1 rings (SSSR count). The number of benzene rings is 1. The fourth-order valence-corrected chi connectivity index (χ4v) is 1.42. The van der Waals surface area contributed by atoms with Crippen LogP contribution < -0.4 is 5.32 Å². The lowest BCUT2D eigenvalue weighted by Crippen LogP contribution is -2.13. The van der Waals surface area contributed by atoms with E-state index < -0.39 is 11.8 Å². The number of nitrogens with one attached hydrogen (secondary N) is 1. The molecule has 4 nitrogen and oxygen atoms in total. The molecule has 0 unspecified atom stereocenters. The van der Waals surface area contributed by atoms with Gasteiger partial charge in [-0.3, -0.25) is 4.79 Å². The molecule has 0 saturated heterocycles. The molecular formula is C13H16FNO3. The highest BCUT2D eigenvalue weighted by Gasteiger charge is 2.11. The standard InChI is InChI=1S/C13H16FNO3/c1-3-4-5-12(16)15-11-8-9(13(17)18-2)6-7-10(11)14/h6-8H,3-5H2,1-2H3,(H,15,16). The van der Waals surface area contributed by atoms with Crippen molar-refractivity contribution in [2.75, 3.05) is 12.4 Å². The molecule has 1 amide bonds. The highest BCUT2D eigenvalue weighted by atomic mass is 19.1. The van der Waals surface area contributed by atoms with Crippen LogP contribution >= 0.6 is 0 Å². The van der Waals surface area contributed by atoms with Crippen LogP contribution in [-0.4, -0.2) is 19.0 Å². The van der Waals surface area contributed by atoms with Gasteiger partial charge in [0.2, 0.25) is 5.91 Å². The maximum Gasteiger partial charge on any atom is 0.337 e. The zero-order valence-corrected chi connectivity index (χ0v) is 10.5. The highest BCUT2D eigenvalue weighted by Crippen LogP contribution is 2.17. The number of amides is 1. The third-order valence-corrected chi connectivity index (χ3v) is 2.42. The molecule has 1 aromatic rings. The first-order valence-corrected chi connectivity index (χ1v) is 5.76. The van der Waals surface area contributed by atoms with Crippen molar-refractivity contribution in [2.45, 2.75) is 26.2 Å². The normalized spacial score (nSPS) is 9.94. The molecule has 0 bridgehead atoms. The summed E-state index contributed by atoms with van der Waals surface area (Å²) in [6.07, 6.45) is 1.96. The molecule has 0 aliphatic heterocycles. The molecule has 0 radical (unpaired) electrons. The van der Waals surface area contributed by atoms with Gasteiger partial charge in [-0.15, -0.1) is 0 Å². The Balaban J connectivity index is 2.81. The fraction of sp³-hybridized carbons (Fsp3) is 0.385. The summed E-state index contributed by atoms with van der Waals surface area (Å²) in [5.74, 6) is -1.41. The summed E-state index contributed by atoms with van der Waals surface area (Å²) < 4.78 is 18.0. The lowest BCUT2D eigenvalue weighted by molar-refractivity contribution is -0.116. The predicted octanol–water partition coefficient (Wildman–Crippen LogP) is 2.74. The van der Waals surface area contributed by atoms with Crippen molar-refractivity contribution < 1.29 is 18.7 Å². The van der Waals surface area contributed by atoms with Crippen LogP contribution in [-0.2, 0) is 9.53 Å². The molecular weight excluding hydrogens is 237 g/mol. The number of carbonyl (C=O) groups is 2. The van der Waals surface area contributed by atoms with Gasteiger partial charge in [0.25, 0.3) is 0 Å². The number of anilines is 1. The summed E-state index contributed by atoms with van der Waals surface area (Å²) in [7, 11) is 1.24. The summed E-state index contributed by atoms with van der Waals surface area (Å²) in [6.45, 7) is 1.96. The Morgan fingerprint density at radius 2 is 2.11 bits per heavy atom. The van der Waals surface area contributed by atoms with Gasteiger partial charge >= 0.3 is 5.97 Å². The van der Waals surface area contributed by atoms with Crippen LogP contribution in [0.25, 0.3) is 0 Å². The van der Waals surface area contributed by atoms with E-state index in [-0.39, 0.29) is 17.2 Å². The number of halogens is 1. The molecule has 1 aromatic carbocycles. The van der Waals surface area contributed by atoms with Crippen LogP contribution in [0.5, 0.6) is 0 Å². The number of esters is 1. The van der Waals surface area contributed by atoms with Gasteiger partial charge in [-0.2, -0.15) is 0 Å². The van der Waals surface area contributed by atoms with Crippen LogP contribution in [0.15, 0.2) is 18.2 Å². The molecule has 0 saturated carbocycles. The van der Waals surface area contributed by atoms with E-state index >= 15 is 0 Å². The van der Waals surface area contributed by atoms with Crippen molar-refractivity contribution in [2.24, 2.45) is 0 Å². The number of hydrogen-bond acceptors (Lipinski definition) is 3. The molecule has 18 heavy (non-hydrogen) atoms. The third-order valence-electron chi connectivity index (χ3n) is 2.42. The monoisotopic (exact) mass is 253 g/mol. The topological polar surface area (TPSA) is 55.4 Å². The van der Waals surface area contributed by atoms with E-state index in [0.717, 1.165) is 18.9 Å². The maximum absolute atomic E-state index is 13.5. The number of hydrogen-bond donors (Lipinski definition) is 1. The Labute approximate surface area is 105 Å². The summed E-state index contributed by atoms with van der Waals surface area (Å²) >= 11 is 0. The first-order chi connectivity index (χ1) is 8.58. The number of ether oxygens (including phenoxy) is 1. The van der Waals surface area contributed by atoms with E-state index in [4.69, 9.17) is 0 Å². The van der Waals surface area contributed by atoms with E-state index in [0.29, 0.717) is 6.42 Å². The first-order valence-electron chi connectivity index (χ1n) is 5.76. The minimum atomic E-state index is -0.576. The quantitative estimate of drug-likeness (QED) is 0.821. The van der Waals surface area contributed by atoms with E-state index in [9.17, 15) is 14.0 Å². The van der Waals surface area contributed by atoms with Crippen LogP contribution in [0, 0.1) is 5.82 Å². The molecule has 0 atom stereocenters. The lowest BCUT2D eigenvalue weighted by atomic mass is 10.2. The van der Waals surface area contributed by atoms with Gasteiger partial charge in [-0.1, -0.05) is 13.3 Å². The SMILES string of the molecule is CCCCC(=O)Nc1cc(C(=O)OC)ccc1F. The average Bonchev–Trinajstić information content (AvgIpc) is 2.38. The second-order valence-corrected chi connectivity index (χ2v) is 3.84. The van der Waals surface area contributed by atoms with E-state index in [1.807, 2.05) is 6.92 Å². The highest BCUT2D eigenvalue weighted by molar-refractivity contribution is 5.94. The van der Waals surface area contributed by atoms with Crippen molar-refractivity contribution >= 4 is 17.6 Å². The van der Waals surface area contributed by atoms with Gasteiger partial charge in [0, 0.05) is 6.42 Å². The third kappa shape index (κ3) is 3.84. The zero-order chi connectivity index (χ0) is 13.5. The number of unbranched alkanes of at least 4 members (excludes halogenated alkanes) is 1. The van der Waals surface area contributed by atoms with Crippen molar-refractivity contribution in [3.63, 3.8) is 0 Å². The second-order valence-electron chi connectivity index (χ2n) is 3.84. The van der Waals surface area contributed by atoms with Crippen molar-refractivity contribution in [3.8, 4) is 0 Å². The van der Waals surface area contributed by atoms with E-state index in [1.165, 1.54) is 19.2 Å². The second kappa shape index (κ2) is 6.74. The Kier molecular flexibility index (Phi) is 5.30. The van der Waals surface area contributed by atoms with Gasteiger partial charge in [-0.05, 0) is 24.6 Å². The van der Waals surface area contributed by atoms with Crippen molar-refractivity contribution in [1.29, 1.82) is 0 Å². The van der Waals surface area contributed by atoms with Crippen molar-refractivity contribution in [3.05, 3.63) is 29.6 Å². The fourth-order valence-electron chi connectivity index (χ4n) is 1.42. The molecule has 1 N–H and O–H groups in total. The van der Waals surface area contributed by atoms with Gasteiger partial charge in [0.15, 0.2) is 0 Å². The summed E-state index contributed by atoms with van der Waals surface area (Å²) in [6, 6.07) is 3.70. The van der Waals surface area contributed by atoms with Crippen LogP contribution in [0.3, 0.4) is 0 Å². The number of carbonyl (C=O) groups excluding carboxylic acids is 2. The average molecular weight is 253 g/mol. The van der Waals surface area contributed by atoms with Crippen LogP contribution in [0.4, 0.5) is 10.1 Å². The molecule has 0 spiro atoms. The first kappa shape index (κ1) is 14.2. The summed E-state index contributed by atoms with van der Waals surface area (Å²) in [5, 5.41) is 2.44. The Morgan fingerprint density at radius 1 is 1.39 bits per heavy atom. The van der Waals surface area contributed by atoms with Gasteiger partial charge in [-0.25, -0.2) is 9.18 Å². The number of rotatable bonds is 5. The molecule has 0 aliphatic carbocycles. The molecule has 0 aromatic heterocycles. The molecule has 98 valence electrons. The van der Waals surface area contributed by atoms with Gasteiger partial charge in [0.05, 0.1) is 18.4 Å². The molecule has 0 aliphatic rings. The summed E-state index contributed by atoms with van der Waals surface area (Å²) in [5.41, 5.74) is 0.198. The lowest BCUT2D eigenvalue weighted by Gasteiger charge is -2.07. The zero-order valence-electron chi connectivity index (χ0n) is 10.5. The largest absolute Gasteiger partial charge is 0.465 e. The van der Waals surface area contributed by atoms with Crippen LogP contribution in [0.2, 0.25) is 0 Å². The Hall–Kier alpha value is -1.91. The molecule has 0 heterocycles. The Bertz CT molecular complexity index is 446. The van der Waals surface area contributed by atoms with Gasteiger partial charge < -0.3 is 10.1 Å². The van der Waals surface area contributed by atoms with Gasteiger partial charge in [0.1, 0.15) is 5.82 Å². The van der Waals surface area contributed by atoms with Crippen LogP contribution in [0.1, 0.15) is 36.5 Å². The van der Waals surface area contributed by atoms with Crippen molar-refractivity contribution in [1.82, 2.24) is 0 Å². The maximum atomic E-state index is 13.5. The predicted molar refractivity (Wildman–Crippen MR) is 65.9 cm³/mol. The minimum Gasteiger partial charge on any atom is -0.465 e. The van der Waals surface area contributed by atoms with E-state index in [1.54, 1.807) is 0 Å². The Morgan fingerprint density at radius 3 is 2.72 bits per heavy atom.